The van der Waals surface area contributed by atoms with E-state index in [0.717, 1.165) is 0 Å². The molecule has 0 aromatic carbocycles. The van der Waals surface area contributed by atoms with Gasteiger partial charge in [-0.3, -0.25) is 9.59 Å². The van der Waals surface area contributed by atoms with Gasteiger partial charge in [-0.15, -0.1) is 0 Å². The SMILES string of the molecule is O=C(O)CC[S-].O=C(O)CC[S-].[O]=[Zr]. The van der Waals surface area contributed by atoms with E-state index in [1.165, 1.54) is 0 Å². The van der Waals surface area contributed by atoms with E-state index in [9.17, 15) is 9.59 Å². The summed E-state index contributed by atoms with van der Waals surface area (Å²) in [6.07, 6.45) is 0.213. The molecule has 0 spiro atoms. The number of hydrogen-bond acceptors (Lipinski definition) is 5. The van der Waals surface area contributed by atoms with Gasteiger partial charge in [0.2, 0.25) is 0 Å². The first-order valence-electron chi connectivity index (χ1n) is 3.34. The number of hydrogen-bond donors (Lipinski definition) is 2. The van der Waals surface area contributed by atoms with Crippen LogP contribution in [0.25, 0.3) is 0 Å². The quantitative estimate of drug-likeness (QED) is 0.699. The van der Waals surface area contributed by atoms with E-state index in [1.807, 2.05) is 0 Å². The Bertz CT molecular complexity index is 139. The van der Waals surface area contributed by atoms with Crippen molar-refractivity contribution < 1.29 is 47.3 Å². The molecule has 0 aromatic rings. The summed E-state index contributed by atoms with van der Waals surface area (Å²) in [7, 11) is 0. The fourth-order valence-corrected chi connectivity index (χ4v) is 0.524. The monoisotopic (exact) mass is 316 g/mol. The molecule has 0 saturated carbocycles. The van der Waals surface area contributed by atoms with E-state index in [2.05, 4.69) is 25.3 Å². The number of carboxylic acids is 2. The summed E-state index contributed by atoms with van der Waals surface area (Å²) in [5.41, 5.74) is 0. The Labute approximate surface area is 108 Å². The third-order valence-corrected chi connectivity index (χ3v) is 1.04. The number of carbonyl (C=O) groups is 2. The van der Waals surface area contributed by atoms with Crippen molar-refractivity contribution in [2.24, 2.45) is 0 Å². The molecule has 0 aliphatic heterocycles. The molecule has 82 valence electrons. The van der Waals surface area contributed by atoms with Crippen LogP contribution >= 0.6 is 0 Å². The molecular formula is C6H10O5S2Zr-2. The molecule has 0 aliphatic rings. The molecule has 0 saturated heterocycles. The van der Waals surface area contributed by atoms with Gasteiger partial charge in [0.1, 0.15) is 0 Å². The number of rotatable bonds is 4. The van der Waals surface area contributed by atoms with Crippen molar-refractivity contribution in [1.82, 2.24) is 0 Å². The Morgan fingerprint density at radius 1 is 0.929 bits per heavy atom. The average molecular weight is 317 g/mol. The molecule has 0 fully saturated rings. The van der Waals surface area contributed by atoms with Crippen molar-refractivity contribution in [1.29, 1.82) is 0 Å². The molecule has 0 radical (unpaired) electrons. The predicted octanol–water partition coefficient (Wildman–Crippen LogP) is -0.105. The van der Waals surface area contributed by atoms with Crippen molar-refractivity contribution in [2.75, 3.05) is 11.5 Å². The zero-order valence-corrected chi connectivity index (χ0v) is 11.4. The summed E-state index contributed by atoms with van der Waals surface area (Å²) in [6, 6.07) is 0. The van der Waals surface area contributed by atoms with Crippen LogP contribution in [0.1, 0.15) is 12.8 Å². The Hall–Kier alpha value is 0.323. The van der Waals surface area contributed by atoms with E-state index >= 15 is 0 Å². The predicted molar refractivity (Wildman–Crippen MR) is 49.7 cm³/mol. The van der Waals surface area contributed by atoms with Gasteiger partial charge in [0.15, 0.2) is 0 Å². The van der Waals surface area contributed by atoms with Gasteiger partial charge in [-0.1, -0.05) is 0 Å². The van der Waals surface area contributed by atoms with Crippen LogP contribution in [0.2, 0.25) is 0 Å². The first-order valence-corrected chi connectivity index (χ1v) is 5.50. The molecule has 5 nitrogen and oxygen atoms in total. The van der Waals surface area contributed by atoms with E-state index in [-0.39, 0.29) is 12.8 Å². The third-order valence-electron chi connectivity index (χ3n) is 0.632. The molecule has 14 heavy (non-hydrogen) atoms. The summed E-state index contributed by atoms with van der Waals surface area (Å²) >= 11 is 8.99. The summed E-state index contributed by atoms with van der Waals surface area (Å²) in [5, 5.41) is 15.7. The van der Waals surface area contributed by atoms with Crippen molar-refractivity contribution in [3.05, 3.63) is 0 Å². The Morgan fingerprint density at radius 3 is 1.14 bits per heavy atom. The molecule has 0 bridgehead atoms. The van der Waals surface area contributed by atoms with Crippen LogP contribution in [0, 0.1) is 0 Å². The molecule has 8 heteroatoms. The van der Waals surface area contributed by atoms with Crippen LogP contribution in [-0.4, -0.2) is 33.7 Å². The fraction of sp³-hybridized carbons (Fsp3) is 0.667. The summed E-state index contributed by atoms with van der Waals surface area (Å²) < 4.78 is 8.34. The molecular weight excluding hydrogens is 307 g/mol. The van der Waals surface area contributed by atoms with Crippen LogP contribution in [0.15, 0.2) is 0 Å². The van der Waals surface area contributed by atoms with Gasteiger partial charge in [-0.2, -0.15) is 11.5 Å². The first-order chi connectivity index (χ1) is 6.54. The van der Waals surface area contributed by atoms with Crippen molar-refractivity contribution >= 4 is 37.2 Å². The second kappa shape index (κ2) is 19.0. The molecule has 0 amide bonds. The van der Waals surface area contributed by atoms with Gasteiger partial charge in [0, 0.05) is 12.8 Å². The number of carboxylic acid groups (broad SMARTS) is 2. The number of aliphatic carboxylic acids is 2. The van der Waals surface area contributed by atoms with E-state index in [1.54, 1.807) is 0 Å². The molecule has 0 unspecified atom stereocenters. The van der Waals surface area contributed by atoms with E-state index in [0.29, 0.717) is 36.2 Å². The minimum absolute atomic E-state index is 0.106. The van der Waals surface area contributed by atoms with Crippen LogP contribution < -0.4 is 0 Å². The van der Waals surface area contributed by atoms with Crippen LogP contribution in [0.3, 0.4) is 0 Å². The standard InChI is InChI=1S/2C3H6O2S.O.Zr/c2*4-3(5)1-2-6;;/h2*6H,1-2H2,(H,4,5);;/p-2. The summed E-state index contributed by atoms with van der Waals surface area (Å²) in [6.45, 7) is 0. The molecule has 0 rings (SSSR count). The van der Waals surface area contributed by atoms with Gasteiger partial charge in [-0.25, -0.2) is 0 Å². The molecule has 0 atom stereocenters. The van der Waals surface area contributed by atoms with Gasteiger partial charge in [-0.05, 0) is 0 Å². The Morgan fingerprint density at radius 2 is 1.14 bits per heavy atom. The average Bonchev–Trinajstić information content (AvgIpc) is 2.08. The topological polar surface area (TPSA) is 91.7 Å². The maximum atomic E-state index is 9.53. The van der Waals surface area contributed by atoms with Gasteiger partial charge < -0.3 is 35.5 Å². The Balaban J connectivity index is -0.000000147. The first kappa shape index (κ1) is 19.8. The summed E-state index contributed by atoms with van der Waals surface area (Å²) in [5.74, 6) is -1.000. The Kier molecular flexibility index (Phi) is 26.9. The van der Waals surface area contributed by atoms with Crippen molar-refractivity contribution in [2.45, 2.75) is 12.8 Å². The third kappa shape index (κ3) is 39.5. The zero-order chi connectivity index (χ0) is 12.0. The molecule has 0 heterocycles. The maximum absolute atomic E-state index is 9.53. The molecule has 0 aliphatic carbocycles. The van der Waals surface area contributed by atoms with Crippen molar-refractivity contribution in [3.8, 4) is 0 Å². The normalized spacial score (nSPS) is 7.21. The molecule has 0 aromatic heterocycles. The van der Waals surface area contributed by atoms with E-state index < -0.39 is 11.9 Å². The zero-order valence-electron chi connectivity index (χ0n) is 7.26. The van der Waals surface area contributed by atoms with Crippen LogP contribution in [0.4, 0.5) is 0 Å². The van der Waals surface area contributed by atoms with E-state index in [4.69, 9.17) is 13.0 Å². The van der Waals surface area contributed by atoms with Crippen molar-refractivity contribution in [3.63, 3.8) is 0 Å². The van der Waals surface area contributed by atoms with Gasteiger partial charge in [0.25, 0.3) is 0 Å². The summed E-state index contributed by atoms with van der Waals surface area (Å²) in [4.78, 5) is 19.1. The van der Waals surface area contributed by atoms with Crippen LogP contribution in [-0.2, 0) is 62.4 Å². The fourth-order valence-electron chi connectivity index (χ4n) is 0.175. The second-order valence-electron chi connectivity index (χ2n) is 1.70. The van der Waals surface area contributed by atoms with Crippen LogP contribution in [0.5, 0.6) is 0 Å². The van der Waals surface area contributed by atoms with Gasteiger partial charge >= 0.3 is 39.5 Å². The van der Waals surface area contributed by atoms with Gasteiger partial charge in [0.05, 0.1) is 0 Å². The molecule has 2 N–H and O–H groups in total. The minimum atomic E-state index is -0.815. The second-order valence-corrected chi connectivity index (χ2v) is 2.51.